The van der Waals surface area contributed by atoms with Crippen LogP contribution < -0.4 is 0 Å². The van der Waals surface area contributed by atoms with Crippen molar-refractivity contribution in [2.45, 2.75) is 12.8 Å². The van der Waals surface area contributed by atoms with Crippen LogP contribution in [0.25, 0.3) is 0 Å². The third-order valence-electron chi connectivity index (χ3n) is 2.60. The molecule has 0 spiro atoms. The van der Waals surface area contributed by atoms with Crippen molar-refractivity contribution < 1.29 is 9.47 Å². The second kappa shape index (κ2) is 2.89. The smallest absolute Gasteiger partial charge is 0.0498 e. The first-order chi connectivity index (χ1) is 4.97. The van der Waals surface area contributed by atoms with Crippen molar-refractivity contribution in [2.75, 3.05) is 26.4 Å². The molecule has 2 aliphatic rings. The van der Waals surface area contributed by atoms with E-state index in [9.17, 15) is 0 Å². The number of hydrogen-bond donors (Lipinski definition) is 0. The summed E-state index contributed by atoms with van der Waals surface area (Å²) in [5.74, 6) is 1.62. The average Bonchev–Trinajstić information content (AvgIpc) is 2.28. The molecule has 2 aliphatic heterocycles. The van der Waals surface area contributed by atoms with Crippen molar-refractivity contribution in [2.24, 2.45) is 11.8 Å². The molecule has 0 N–H and O–H groups in total. The van der Waals surface area contributed by atoms with Crippen molar-refractivity contribution >= 4 is 0 Å². The normalized spacial score (nSPS) is 40.8. The fraction of sp³-hybridized carbons (Fsp3) is 1.00. The summed E-state index contributed by atoms with van der Waals surface area (Å²) >= 11 is 0. The number of hydrogen-bond acceptors (Lipinski definition) is 2. The van der Waals surface area contributed by atoms with Crippen LogP contribution in [-0.4, -0.2) is 26.4 Å². The molecule has 0 saturated carbocycles. The lowest BCUT2D eigenvalue weighted by molar-refractivity contribution is 0.117. The van der Waals surface area contributed by atoms with E-state index in [0.717, 1.165) is 38.3 Å². The van der Waals surface area contributed by atoms with E-state index in [4.69, 9.17) is 9.47 Å². The van der Waals surface area contributed by atoms with Gasteiger partial charge in [0, 0.05) is 26.4 Å². The summed E-state index contributed by atoms with van der Waals surface area (Å²) < 4.78 is 10.8. The van der Waals surface area contributed by atoms with E-state index < -0.39 is 0 Å². The quantitative estimate of drug-likeness (QED) is 0.503. The molecule has 0 aromatic rings. The van der Waals surface area contributed by atoms with Crippen LogP contribution in [0.4, 0.5) is 0 Å². The molecule has 2 rings (SSSR count). The molecule has 2 heterocycles. The van der Waals surface area contributed by atoms with Crippen molar-refractivity contribution in [1.82, 2.24) is 0 Å². The molecular formula is C8H14O2. The van der Waals surface area contributed by atoms with Crippen LogP contribution in [0.1, 0.15) is 12.8 Å². The summed E-state index contributed by atoms with van der Waals surface area (Å²) in [6, 6.07) is 0. The van der Waals surface area contributed by atoms with Gasteiger partial charge in [0.1, 0.15) is 0 Å². The zero-order valence-electron chi connectivity index (χ0n) is 6.21. The lowest BCUT2D eigenvalue weighted by Gasteiger charge is -2.10. The predicted molar refractivity (Wildman–Crippen MR) is 37.9 cm³/mol. The Morgan fingerprint density at radius 2 is 1.40 bits per heavy atom. The molecule has 0 bridgehead atoms. The summed E-state index contributed by atoms with van der Waals surface area (Å²) in [5.41, 5.74) is 0. The first-order valence-corrected chi connectivity index (χ1v) is 4.12. The standard InChI is InChI=1S/C8H14O2/c1-3-9-4-2-8-6-10-5-7(1)8/h7-8H,1-6H2. The van der Waals surface area contributed by atoms with Crippen molar-refractivity contribution in [3.05, 3.63) is 0 Å². The van der Waals surface area contributed by atoms with E-state index in [1.807, 2.05) is 0 Å². The van der Waals surface area contributed by atoms with Crippen LogP contribution in [0.15, 0.2) is 0 Å². The monoisotopic (exact) mass is 142 g/mol. The highest BCUT2D eigenvalue weighted by atomic mass is 16.5. The maximum atomic E-state index is 5.39. The molecule has 2 unspecified atom stereocenters. The minimum Gasteiger partial charge on any atom is -0.381 e. The molecule has 58 valence electrons. The van der Waals surface area contributed by atoms with Crippen LogP contribution in [-0.2, 0) is 9.47 Å². The average molecular weight is 142 g/mol. The van der Waals surface area contributed by atoms with E-state index in [0.29, 0.717) is 0 Å². The Labute approximate surface area is 61.5 Å². The summed E-state index contributed by atoms with van der Waals surface area (Å²) in [4.78, 5) is 0. The molecule has 2 nitrogen and oxygen atoms in total. The van der Waals surface area contributed by atoms with Gasteiger partial charge in [-0.05, 0) is 24.7 Å². The zero-order chi connectivity index (χ0) is 6.81. The Bertz CT molecular complexity index is 102. The highest BCUT2D eigenvalue weighted by molar-refractivity contribution is 4.76. The Balaban J connectivity index is 1.95. The van der Waals surface area contributed by atoms with Gasteiger partial charge in [0.25, 0.3) is 0 Å². The van der Waals surface area contributed by atoms with Gasteiger partial charge in [0.15, 0.2) is 0 Å². The van der Waals surface area contributed by atoms with E-state index in [-0.39, 0.29) is 0 Å². The molecule has 0 aromatic carbocycles. The summed E-state index contributed by atoms with van der Waals surface area (Å²) in [6.45, 7) is 3.86. The maximum absolute atomic E-state index is 5.39. The molecular weight excluding hydrogens is 128 g/mol. The van der Waals surface area contributed by atoms with Crippen molar-refractivity contribution in [1.29, 1.82) is 0 Å². The molecule has 2 heteroatoms. The van der Waals surface area contributed by atoms with E-state index in [1.165, 1.54) is 12.8 Å². The summed E-state index contributed by atoms with van der Waals surface area (Å²) in [7, 11) is 0. The molecule has 10 heavy (non-hydrogen) atoms. The van der Waals surface area contributed by atoms with Gasteiger partial charge in [-0.15, -0.1) is 0 Å². The van der Waals surface area contributed by atoms with E-state index in [2.05, 4.69) is 0 Å². The number of fused-ring (bicyclic) bond motifs is 1. The largest absolute Gasteiger partial charge is 0.381 e. The zero-order valence-corrected chi connectivity index (χ0v) is 6.21. The van der Waals surface area contributed by atoms with Gasteiger partial charge in [-0.1, -0.05) is 0 Å². The molecule has 0 aromatic heterocycles. The van der Waals surface area contributed by atoms with Gasteiger partial charge in [0.05, 0.1) is 0 Å². The lowest BCUT2D eigenvalue weighted by atomic mass is 9.92. The Morgan fingerprint density at radius 1 is 0.800 bits per heavy atom. The van der Waals surface area contributed by atoms with Gasteiger partial charge in [0.2, 0.25) is 0 Å². The number of ether oxygens (including phenoxy) is 2. The fourth-order valence-corrected chi connectivity index (χ4v) is 1.85. The minimum atomic E-state index is 0.808. The van der Waals surface area contributed by atoms with Crippen LogP contribution in [0.2, 0.25) is 0 Å². The second-order valence-electron chi connectivity index (χ2n) is 3.25. The molecule has 0 amide bonds. The molecule has 2 saturated heterocycles. The highest BCUT2D eigenvalue weighted by Crippen LogP contribution is 2.28. The Morgan fingerprint density at radius 3 is 2.00 bits per heavy atom. The van der Waals surface area contributed by atoms with Crippen LogP contribution in [0.3, 0.4) is 0 Å². The maximum Gasteiger partial charge on any atom is 0.0498 e. The van der Waals surface area contributed by atoms with Gasteiger partial charge >= 0.3 is 0 Å². The van der Waals surface area contributed by atoms with E-state index in [1.54, 1.807) is 0 Å². The molecule has 2 atom stereocenters. The third-order valence-corrected chi connectivity index (χ3v) is 2.60. The fourth-order valence-electron chi connectivity index (χ4n) is 1.85. The van der Waals surface area contributed by atoms with Gasteiger partial charge in [-0.25, -0.2) is 0 Å². The van der Waals surface area contributed by atoms with Crippen LogP contribution in [0.5, 0.6) is 0 Å². The Kier molecular flexibility index (Phi) is 1.91. The van der Waals surface area contributed by atoms with Crippen molar-refractivity contribution in [3.63, 3.8) is 0 Å². The van der Waals surface area contributed by atoms with Gasteiger partial charge in [-0.2, -0.15) is 0 Å². The minimum absolute atomic E-state index is 0.808. The summed E-state index contributed by atoms with van der Waals surface area (Å²) in [6.07, 6.45) is 2.43. The summed E-state index contributed by atoms with van der Waals surface area (Å²) in [5, 5.41) is 0. The molecule has 2 fully saturated rings. The lowest BCUT2D eigenvalue weighted by Crippen LogP contribution is -2.10. The van der Waals surface area contributed by atoms with Crippen LogP contribution in [0, 0.1) is 11.8 Å². The Hall–Kier alpha value is -0.0800. The molecule has 0 radical (unpaired) electrons. The highest BCUT2D eigenvalue weighted by Gasteiger charge is 2.29. The molecule has 0 aliphatic carbocycles. The third kappa shape index (κ3) is 1.18. The van der Waals surface area contributed by atoms with Crippen LogP contribution >= 0.6 is 0 Å². The first-order valence-electron chi connectivity index (χ1n) is 4.12. The van der Waals surface area contributed by atoms with Gasteiger partial charge in [-0.3, -0.25) is 0 Å². The predicted octanol–water partition coefficient (Wildman–Crippen LogP) is 1.06. The van der Waals surface area contributed by atoms with E-state index >= 15 is 0 Å². The number of rotatable bonds is 0. The first kappa shape index (κ1) is 6.62. The topological polar surface area (TPSA) is 18.5 Å². The van der Waals surface area contributed by atoms with Crippen molar-refractivity contribution in [3.8, 4) is 0 Å². The second-order valence-corrected chi connectivity index (χ2v) is 3.25. The SMILES string of the molecule is C1CC2COCC2CCO1. The van der Waals surface area contributed by atoms with Gasteiger partial charge < -0.3 is 9.47 Å².